The summed E-state index contributed by atoms with van der Waals surface area (Å²) in [5.41, 5.74) is 4.63. The van der Waals surface area contributed by atoms with Crippen LogP contribution >= 0.6 is 0 Å². The number of hydrogen-bond acceptors (Lipinski definition) is 4. The first kappa shape index (κ1) is 23.4. The van der Waals surface area contributed by atoms with E-state index in [0.29, 0.717) is 24.6 Å². The zero-order valence-corrected chi connectivity index (χ0v) is 20.4. The number of nitrogens with zero attached hydrogens (tertiary/aromatic N) is 1. The van der Waals surface area contributed by atoms with E-state index in [1.807, 2.05) is 31.2 Å². The maximum Gasteiger partial charge on any atom is 0.268 e. The van der Waals surface area contributed by atoms with E-state index in [1.165, 1.54) is 18.5 Å². The highest BCUT2D eigenvalue weighted by Crippen LogP contribution is 2.34. The molecule has 0 radical (unpaired) electrons. The summed E-state index contributed by atoms with van der Waals surface area (Å²) in [4.78, 5) is 31.9. The number of carbonyl (C=O) groups is 2. The van der Waals surface area contributed by atoms with Gasteiger partial charge in [-0.25, -0.2) is 0 Å². The maximum absolute atomic E-state index is 13.1. The highest BCUT2D eigenvalue weighted by Gasteiger charge is 2.27. The van der Waals surface area contributed by atoms with Gasteiger partial charge < -0.3 is 25.8 Å². The Hall–Kier alpha value is -3.32. The Labute approximate surface area is 206 Å². The van der Waals surface area contributed by atoms with E-state index >= 15 is 0 Å². The molecule has 2 aliphatic rings. The Morgan fingerprint density at radius 3 is 2.51 bits per heavy atom. The summed E-state index contributed by atoms with van der Waals surface area (Å²) in [6.45, 7) is 6.41. The third-order valence-corrected chi connectivity index (χ3v) is 7.26. The van der Waals surface area contributed by atoms with Crippen molar-refractivity contribution in [3.63, 3.8) is 0 Å². The molecule has 0 bridgehead atoms. The fourth-order valence-electron chi connectivity index (χ4n) is 4.88. The smallest absolute Gasteiger partial charge is 0.268 e. The molecule has 0 unspecified atom stereocenters. The molecule has 3 aromatic rings. The van der Waals surface area contributed by atoms with Gasteiger partial charge in [0.1, 0.15) is 11.7 Å². The summed E-state index contributed by atoms with van der Waals surface area (Å²) < 4.78 is 0. The Bertz CT molecular complexity index is 1180. The van der Waals surface area contributed by atoms with Gasteiger partial charge in [-0.1, -0.05) is 43.2 Å². The quantitative estimate of drug-likeness (QED) is 0.383. The summed E-state index contributed by atoms with van der Waals surface area (Å²) in [5.74, 6) is 0.337. The van der Waals surface area contributed by atoms with E-state index in [1.54, 1.807) is 0 Å². The number of amides is 2. The minimum Gasteiger partial charge on any atom is -0.369 e. The molecule has 1 aliphatic heterocycles. The molecule has 0 spiro atoms. The third-order valence-electron chi connectivity index (χ3n) is 7.26. The van der Waals surface area contributed by atoms with Crippen molar-refractivity contribution >= 4 is 28.4 Å². The van der Waals surface area contributed by atoms with Crippen molar-refractivity contribution in [2.75, 3.05) is 31.1 Å². The highest BCUT2D eigenvalue weighted by molar-refractivity contribution is 6.02. The zero-order valence-electron chi connectivity index (χ0n) is 20.4. The summed E-state index contributed by atoms with van der Waals surface area (Å²) in [5, 5.41) is 10.5. The van der Waals surface area contributed by atoms with Gasteiger partial charge in [-0.15, -0.1) is 0 Å². The number of benzene rings is 2. The first-order chi connectivity index (χ1) is 17.1. The van der Waals surface area contributed by atoms with Crippen LogP contribution in [0, 0.1) is 12.8 Å². The van der Waals surface area contributed by atoms with Gasteiger partial charge in [-0.2, -0.15) is 0 Å². The predicted octanol–water partition coefficient (Wildman–Crippen LogP) is 3.49. The molecule has 2 heterocycles. The Morgan fingerprint density at radius 1 is 1.06 bits per heavy atom. The standard InChI is InChI=1S/C28H35N5O2/c1-19-23-4-2-3-5-24(23)31-26(19)28(35)32-25(13-10-20-6-7-20)27(34)30-18-21-8-11-22(12-9-21)33-16-14-29-15-17-33/h2-5,8-9,11-12,20,25,29,31H,6-7,10,13-18H2,1H3,(H,30,34)(H,32,35)/t25-/m0/s1. The van der Waals surface area contributed by atoms with Gasteiger partial charge in [0.25, 0.3) is 5.91 Å². The van der Waals surface area contributed by atoms with E-state index < -0.39 is 6.04 Å². The number of aryl methyl sites for hydroxylation is 1. The van der Waals surface area contributed by atoms with Crippen molar-refractivity contribution in [1.29, 1.82) is 0 Å². The maximum atomic E-state index is 13.1. The highest BCUT2D eigenvalue weighted by atomic mass is 16.2. The van der Waals surface area contributed by atoms with Crippen molar-refractivity contribution in [1.82, 2.24) is 20.9 Å². The zero-order chi connectivity index (χ0) is 24.2. The molecule has 1 aromatic heterocycles. The van der Waals surface area contributed by atoms with Crippen LogP contribution in [0.5, 0.6) is 0 Å². The molecular formula is C28H35N5O2. The first-order valence-corrected chi connectivity index (χ1v) is 12.8. The molecule has 2 aromatic carbocycles. The Kier molecular flexibility index (Phi) is 7.04. The molecule has 2 amide bonds. The molecule has 5 rings (SSSR count). The van der Waals surface area contributed by atoms with E-state index in [-0.39, 0.29) is 11.8 Å². The molecule has 1 atom stereocenters. The minimum atomic E-state index is -0.547. The molecule has 7 nitrogen and oxygen atoms in total. The number of carbonyl (C=O) groups excluding carboxylic acids is 2. The van der Waals surface area contributed by atoms with Crippen molar-refractivity contribution in [2.45, 2.75) is 45.2 Å². The normalized spacial score (nSPS) is 16.8. The van der Waals surface area contributed by atoms with Crippen molar-refractivity contribution in [3.8, 4) is 0 Å². The number of H-pyrrole nitrogens is 1. The number of aromatic nitrogens is 1. The van der Waals surface area contributed by atoms with Crippen LogP contribution < -0.4 is 20.9 Å². The van der Waals surface area contributed by atoms with Crippen LogP contribution in [-0.2, 0) is 11.3 Å². The Morgan fingerprint density at radius 2 is 1.80 bits per heavy atom. The molecular weight excluding hydrogens is 438 g/mol. The lowest BCUT2D eigenvalue weighted by Gasteiger charge is -2.29. The van der Waals surface area contributed by atoms with Gasteiger partial charge in [0.05, 0.1) is 0 Å². The number of nitrogens with one attached hydrogen (secondary N) is 4. The Balaban J connectivity index is 1.22. The SMILES string of the molecule is Cc1c(C(=O)N[C@@H](CCC2CC2)C(=O)NCc2ccc(N3CCNCC3)cc2)[nH]c2ccccc12. The van der Waals surface area contributed by atoms with Crippen molar-refractivity contribution in [2.24, 2.45) is 5.92 Å². The van der Waals surface area contributed by atoms with Crippen LogP contribution in [0.1, 0.15) is 47.3 Å². The van der Waals surface area contributed by atoms with E-state index in [0.717, 1.165) is 54.6 Å². The molecule has 4 N–H and O–H groups in total. The lowest BCUT2D eigenvalue weighted by Crippen LogP contribution is -2.46. The molecule has 2 fully saturated rings. The van der Waals surface area contributed by atoms with E-state index in [9.17, 15) is 9.59 Å². The third kappa shape index (κ3) is 5.68. The number of fused-ring (bicyclic) bond motifs is 1. The number of anilines is 1. The summed E-state index contributed by atoms with van der Waals surface area (Å²) in [6, 6.07) is 15.7. The lowest BCUT2D eigenvalue weighted by atomic mass is 10.1. The number of para-hydroxylation sites is 1. The van der Waals surface area contributed by atoms with Crippen LogP contribution in [0.4, 0.5) is 5.69 Å². The van der Waals surface area contributed by atoms with Gasteiger partial charge in [0.2, 0.25) is 5.91 Å². The second kappa shape index (κ2) is 10.5. The molecule has 184 valence electrons. The second-order valence-corrected chi connectivity index (χ2v) is 9.84. The second-order valence-electron chi connectivity index (χ2n) is 9.84. The van der Waals surface area contributed by atoms with Crippen molar-refractivity contribution < 1.29 is 9.59 Å². The average Bonchev–Trinajstić information content (AvgIpc) is 3.67. The predicted molar refractivity (Wildman–Crippen MR) is 140 cm³/mol. The minimum absolute atomic E-state index is 0.126. The van der Waals surface area contributed by atoms with Gasteiger partial charge in [0, 0.05) is 49.3 Å². The number of rotatable bonds is 9. The summed E-state index contributed by atoms with van der Waals surface area (Å²) in [7, 11) is 0. The average molecular weight is 474 g/mol. The number of hydrogen-bond donors (Lipinski definition) is 4. The molecule has 1 aliphatic carbocycles. The van der Waals surface area contributed by atoms with Gasteiger partial charge >= 0.3 is 0 Å². The van der Waals surface area contributed by atoms with Crippen molar-refractivity contribution in [3.05, 3.63) is 65.4 Å². The molecule has 35 heavy (non-hydrogen) atoms. The number of piperazine rings is 1. The lowest BCUT2D eigenvalue weighted by molar-refractivity contribution is -0.123. The summed E-state index contributed by atoms with van der Waals surface area (Å²) >= 11 is 0. The number of aromatic amines is 1. The summed E-state index contributed by atoms with van der Waals surface area (Å²) in [6.07, 6.45) is 4.07. The van der Waals surface area contributed by atoms with Crippen LogP contribution in [0.25, 0.3) is 10.9 Å². The topological polar surface area (TPSA) is 89.3 Å². The fourth-order valence-corrected chi connectivity index (χ4v) is 4.88. The van der Waals surface area contributed by atoms with Crippen LogP contribution in [0.2, 0.25) is 0 Å². The molecule has 1 saturated carbocycles. The van der Waals surface area contributed by atoms with Crippen LogP contribution in [0.3, 0.4) is 0 Å². The van der Waals surface area contributed by atoms with Gasteiger partial charge in [0.15, 0.2) is 0 Å². The van der Waals surface area contributed by atoms with E-state index in [2.05, 4.69) is 50.1 Å². The van der Waals surface area contributed by atoms with Gasteiger partial charge in [-0.3, -0.25) is 9.59 Å². The molecule has 7 heteroatoms. The van der Waals surface area contributed by atoms with Crippen LogP contribution in [0.15, 0.2) is 48.5 Å². The largest absolute Gasteiger partial charge is 0.369 e. The van der Waals surface area contributed by atoms with Gasteiger partial charge in [-0.05, 0) is 55.0 Å². The fraction of sp³-hybridized carbons (Fsp3) is 0.429. The van der Waals surface area contributed by atoms with E-state index in [4.69, 9.17) is 0 Å². The monoisotopic (exact) mass is 473 g/mol. The molecule has 1 saturated heterocycles. The first-order valence-electron chi connectivity index (χ1n) is 12.8. The van der Waals surface area contributed by atoms with Crippen LogP contribution in [-0.4, -0.2) is 49.0 Å².